The molecule has 19 heavy (non-hydrogen) atoms. The predicted octanol–water partition coefficient (Wildman–Crippen LogP) is 3.05. The molecular weight excluding hydrogens is 234 g/mol. The van der Waals surface area contributed by atoms with Crippen LogP contribution in [0.2, 0.25) is 0 Å². The van der Waals surface area contributed by atoms with Crippen LogP contribution in [0.4, 0.5) is 5.82 Å². The molecule has 0 atom stereocenters. The maximum atomic E-state index is 6.09. The van der Waals surface area contributed by atoms with Crippen molar-refractivity contribution in [1.29, 1.82) is 0 Å². The Bertz CT molecular complexity index is 604. The topological polar surface area (TPSA) is 42.2 Å². The van der Waals surface area contributed by atoms with Crippen molar-refractivity contribution in [1.82, 2.24) is 9.88 Å². The number of fused-ring (bicyclic) bond motifs is 1. The van der Waals surface area contributed by atoms with Gasteiger partial charge in [-0.3, -0.25) is 4.90 Å². The number of likely N-dealkylation sites (tertiary alicyclic amines) is 1. The lowest BCUT2D eigenvalue weighted by Crippen LogP contribution is -2.23. The van der Waals surface area contributed by atoms with Crippen LogP contribution in [0.5, 0.6) is 0 Å². The van der Waals surface area contributed by atoms with Crippen LogP contribution in [0.1, 0.15) is 25.8 Å². The largest absolute Gasteiger partial charge is 0.383 e. The Kier molecular flexibility index (Phi) is 2.94. The summed E-state index contributed by atoms with van der Waals surface area (Å²) >= 11 is 0. The van der Waals surface area contributed by atoms with E-state index in [0.29, 0.717) is 11.2 Å². The normalized spacial score (nSPS) is 19.1. The molecule has 2 heterocycles. The lowest BCUT2D eigenvalue weighted by atomic mass is 9.93. The van der Waals surface area contributed by atoms with E-state index in [9.17, 15) is 0 Å². The second-order valence-corrected chi connectivity index (χ2v) is 6.35. The maximum absolute atomic E-state index is 6.09. The molecule has 100 valence electrons. The highest BCUT2D eigenvalue weighted by atomic mass is 15.2. The maximum Gasteiger partial charge on any atom is 0.128 e. The van der Waals surface area contributed by atoms with Gasteiger partial charge in [0.2, 0.25) is 0 Å². The van der Waals surface area contributed by atoms with Crippen LogP contribution < -0.4 is 5.73 Å². The highest BCUT2D eigenvalue weighted by molar-refractivity contribution is 5.81. The average Bonchev–Trinajstić information content (AvgIpc) is 2.70. The molecule has 1 aromatic carbocycles. The quantitative estimate of drug-likeness (QED) is 0.896. The van der Waals surface area contributed by atoms with Gasteiger partial charge < -0.3 is 5.73 Å². The Morgan fingerprint density at radius 1 is 1.32 bits per heavy atom. The van der Waals surface area contributed by atoms with E-state index < -0.39 is 0 Å². The molecule has 1 aromatic heterocycles. The third kappa shape index (κ3) is 2.56. The summed E-state index contributed by atoms with van der Waals surface area (Å²) in [5, 5.41) is 1.17. The van der Waals surface area contributed by atoms with Gasteiger partial charge in [0, 0.05) is 24.0 Å². The molecule has 0 aliphatic carbocycles. The third-order valence-corrected chi connectivity index (χ3v) is 3.99. The van der Waals surface area contributed by atoms with Crippen molar-refractivity contribution in [3.63, 3.8) is 0 Å². The van der Waals surface area contributed by atoms with Crippen molar-refractivity contribution >= 4 is 16.7 Å². The minimum absolute atomic E-state index is 0.430. The van der Waals surface area contributed by atoms with Gasteiger partial charge in [-0.25, -0.2) is 4.98 Å². The number of nitrogen functional groups attached to an aromatic ring is 1. The number of hydrogen-bond donors (Lipinski definition) is 1. The zero-order valence-electron chi connectivity index (χ0n) is 11.7. The lowest BCUT2D eigenvalue weighted by molar-refractivity contribution is 0.285. The summed E-state index contributed by atoms with van der Waals surface area (Å²) in [6.45, 7) is 7.86. The van der Waals surface area contributed by atoms with E-state index in [-0.39, 0.29) is 0 Å². The summed E-state index contributed by atoms with van der Waals surface area (Å²) in [6, 6.07) is 10.3. The number of pyridine rings is 1. The number of rotatable bonds is 2. The van der Waals surface area contributed by atoms with Crippen LogP contribution in [-0.4, -0.2) is 23.0 Å². The second-order valence-electron chi connectivity index (χ2n) is 6.35. The predicted molar refractivity (Wildman–Crippen MR) is 79.8 cm³/mol. The fraction of sp³-hybridized carbons (Fsp3) is 0.438. The number of nitrogens with two attached hydrogens (primary N) is 1. The van der Waals surface area contributed by atoms with Crippen LogP contribution >= 0.6 is 0 Å². The highest BCUT2D eigenvalue weighted by Crippen LogP contribution is 2.30. The zero-order valence-corrected chi connectivity index (χ0v) is 11.7. The van der Waals surface area contributed by atoms with Crippen molar-refractivity contribution in [2.75, 3.05) is 18.8 Å². The Balaban J connectivity index is 1.87. The summed E-state index contributed by atoms with van der Waals surface area (Å²) in [5.74, 6) is 0.670. The summed E-state index contributed by atoms with van der Waals surface area (Å²) in [7, 11) is 0. The molecular formula is C16H21N3. The zero-order chi connectivity index (χ0) is 13.5. The summed E-state index contributed by atoms with van der Waals surface area (Å²) in [5.41, 5.74) is 8.65. The SMILES string of the molecule is CC1(C)CCN(Cc2cc3ccccc3nc2N)C1. The molecule has 3 heteroatoms. The van der Waals surface area contributed by atoms with Crippen molar-refractivity contribution in [3.8, 4) is 0 Å². The molecule has 1 saturated heterocycles. The van der Waals surface area contributed by atoms with Crippen molar-refractivity contribution < 1.29 is 0 Å². The molecule has 3 nitrogen and oxygen atoms in total. The van der Waals surface area contributed by atoms with Crippen molar-refractivity contribution in [3.05, 3.63) is 35.9 Å². The number of benzene rings is 1. The molecule has 0 saturated carbocycles. The summed E-state index contributed by atoms with van der Waals surface area (Å²) in [6.07, 6.45) is 1.26. The van der Waals surface area contributed by atoms with Crippen LogP contribution in [-0.2, 0) is 6.54 Å². The first-order chi connectivity index (χ1) is 9.03. The van der Waals surface area contributed by atoms with Gasteiger partial charge in [-0.15, -0.1) is 0 Å². The first-order valence-corrected chi connectivity index (χ1v) is 6.90. The van der Waals surface area contributed by atoms with Gasteiger partial charge in [-0.05, 0) is 30.5 Å². The van der Waals surface area contributed by atoms with E-state index in [2.05, 4.69) is 35.9 Å². The molecule has 1 aliphatic rings. The van der Waals surface area contributed by atoms with Gasteiger partial charge in [-0.2, -0.15) is 0 Å². The van der Waals surface area contributed by atoms with E-state index in [1.165, 1.54) is 11.8 Å². The molecule has 3 rings (SSSR count). The molecule has 1 aliphatic heterocycles. The minimum atomic E-state index is 0.430. The van der Waals surface area contributed by atoms with E-state index in [0.717, 1.165) is 30.7 Å². The Morgan fingerprint density at radius 2 is 2.11 bits per heavy atom. The Morgan fingerprint density at radius 3 is 2.84 bits per heavy atom. The van der Waals surface area contributed by atoms with Gasteiger partial charge in [0.15, 0.2) is 0 Å². The fourth-order valence-corrected chi connectivity index (χ4v) is 2.90. The summed E-state index contributed by atoms with van der Waals surface area (Å²) in [4.78, 5) is 6.98. The van der Waals surface area contributed by atoms with E-state index in [1.807, 2.05) is 18.2 Å². The average molecular weight is 255 g/mol. The molecule has 1 fully saturated rings. The second kappa shape index (κ2) is 4.49. The monoisotopic (exact) mass is 255 g/mol. The van der Waals surface area contributed by atoms with E-state index >= 15 is 0 Å². The highest BCUT2D eigenvalue weighted by Gasteiger charge is 2.29. The first kappa shape index (κ1) is 12.4. The van der Waals surface area contributed by atoms with E-state index in [1.54, 1.807) is 0 Å². The standard InChI is InChI=1S/C16H21N3/c1-16(2)7-8-19(11-16)10-13-9-12-5-3-4-6-14(12)18-15(13)17/h3-6,9H,7-8,10-11H2,1-2H3,(H2,17,18). The first-order valence-electron chi connectivity index (χ1n) is 6.90. The number of nitrogens with zero attached hydrogens (tertiary/aromatic N) is 2. The van der Waals surface area contributed by atoms with Crippen LogP contribution in [0.15, 0.2) is 30.3 Å². The lowest BCUT2D eigenvalue weighted by Gasteiger charge is -2.20. The molecule has 0 spiro atoms. The van der Waals surface area contributed by atoms with Gasteiger partial charge in [0.25, 0.3) is 0 Å². The van der Waals surface area contributed by atoms with Crippen LogP contribution in [0, 0.1) is 5.41 Å². The molecule has 0 bridgehead atoms. The van der Waals surface area contributed by atoms with E-state index in [4.69, 9.17) is 5.73 Å². The number of para-hydroxylation sites is 1. The van der Waals surface area contributed by atoms with Crippen LogP contribution in [0.3, 0.4) is 0 Å². The Labute approximate surface area is 114 Å². The third-order valence-electron chi connectivity index (χ3n) is 3.99. The van der Waals surface area contributed by atoms with Gasteiger partial charge in [0.05, 0.1) is 5.52 Å². The van der Waals surface area contributed by atoms with Crippen molar-refractivity contribution in [2.45, 2.75) is 26.8 Å². The summed E-state index contributed by atoms with van der Waals surface area (Å²) < 4.78 is 0. The number of hydrogen-bond acceptors (Lipinski definition) is 3. The molecule has 0 amide bonds. The number of anilines is 1. The van der Waals surface area contributed by atoms with Gasteiger partial charge in [-0.1, -0.05) is 32.0 Å². The van der Waals surface area contributed by atoms with Gasteiger partial charge >= 0.3 is 0 Å². The molecule has 2 aromatic rings. The number of aromatic nitrogens is 1. The smallest absolute Gasteiger partial charge is 0.128 e. The molecule has 0 radical (unpaired) electrons. The Hall–Kier alpha value is -1.61. The minimum Gasteiger partial charge on any atom is -0.383 e. The fourth-order valence-electron chi connectivity index (χ4n) is 2.90. The van der Waals surface area contributed by atoms with Crippen molar-refractivity contribution in [2.24, 2.45) is 5.41 Å². The van der Waals surface area contributed by atoms with Crippen LogP contribution in [0.25, 0.3) is 10.9 Å². The molecule has 0 unspecified atom stereocenters. The molecule has 2 N–H and O–H groups in total. The van der Waals surface area contributed by atoms with Gasteiger partial charge in [0.1, 0.15) is 5.82 Å².